The van der Waals surface area contributed by atoms with Gasteiger partial charge in [-0.2, -0.15) is 0 Å². The van der Waals surface area contributed by atoms with Gasteiger partial charge in [0.2, 0.25) is 0 Å². The van der Waals surface area contributed by atoms with Crippen molar-refractivity contribution < 1.29 is 15.0 Å². The van der Waals surface area contributed by atoms with Crippen molar-refractivity contribution in [1.29, 1.82) is 0 Å². The van der Waals surface area contributed by atoms with Crippen LogP contribution < -0.4 is 16.8 Å². The maximum absolute atomic E-state index is 11.2. The molecule has 0 unspecified atom stereocenters. The predicted molar refractivity (Wildman–Crippen MR) is 63.4 cm³/mol. The SMILES string of the molecule is CC(CO)(CO)Nc1ncc(N)cc1C(N)=O. The van der Waals surface area contributed by atoms with Crippen LogP contribution in [0.2, 0.25) is 0 Å². The summed E-state index contributed by atoms with van der Waals surface area (Å²) in [7, 11) is 0. The summed E-state index contributed by atoms with van der Waals surface area (Å²) in [5.41, 5.74) is 10.1. The van der Waals surface area contributed by atoms with Crippen molar-refractivity contribution >= 4 is 17.4 Å². The molecular formula is C10H16N4O3. The molecule has 0 aliphatic carbocycles. The number of nitrogens with two attached hydrogens (primary N) is 2. The quantitative estimate of drug-likeness (QED) is 0.444. The van der Waals surface area contributed by atoms with Crippen LogP contribution in [-0.2, 0) is 0 Å². The lowest BCUT2D eigenvalue weighted by Gasteiger charge is -2.27. The molecule has 0 aliphatic heterocycles. The van der Waals surface area contributed by atoms with Crippen LogP contribution in [0.25, 0.3) is 0 Å². The molecule has 1 rings (SSSR count). The number of hydrogen-bond acceptors (Lipinski definition) is 6. The number of pyridine rings is 1. The van der Waals surface area contributed by atoms with E-state index in [9.17, 15) is 4.79 Å². The number of aliphatic hydroxyl groups excluding tert-OH is 2. The zero-order valence-corrected chi connectivity index (χ0v) is 9.47. The van der Waals surface area contributed by atoms with E-state index in [4.69, 9.17) is 21.7 Å². The summed E-state index contributed by atoms with van der Waals surface area (Å²) in [6.07, 6.45) is 1.35. The van der Waals surface area contributed by atoms with Gasteiger partial charge in [0, 0.05) is 0 Å². The van der Waals surface area contributed by atoms with Crippen LogP contribution in [0.4, 0.5) is 11.5 Å². The maximum atomic E-state index is 11.2. The van der Waals surface area contributed by atoms with E-state index in [1.807, 2.05) is 0 Å². The Balaban J connectivity index is 3.10. The molecule has 7 nitrogen and oxygen atoms in total. The van der Waals surface area contributed by atoms with Gasteiger partial charge in [0.15, 0.2) is 0 Å². The second-order valence-corrected chi connectivity index (χ2v) is 4.03. The highest BCUT2D eigenvalue weighted by Crippen LogP contribution is 2.19. The van der Waals surface area contributed by atoms with Crippen LogP contribution in [0.15, 0.2) is 12.3 Å². The fourth-order valence-corrected chi connectivity index (χ4v) is 1.18. The minimum Gasteiger partial charge on any atom is -0.397 e. The maximum Gasteiger partial charge on any atom is 0.252 e. The van der Waals surface area contributed by atoms with Crippen LogP contribution in [-0.4, -0.2) is 39.9 Å². The van der Waals surface area contributed by atoms with E-state index >= 15 is 0 Å². The predicted octanol–water partition coefficient (Wildman–Crippen LogP) is -1.08. The number of rotatable bonds is 5. The molecule has 94 valence electrons. The zero-order valence-electron chi connectivity index (χ0n) is 9.47. The van der Waals surface area contributed by atoms with E-state index in [0.717, 1.165) is 0 Å². The van der Waals surface area contributed by atoms with E-state index in [2.05, 4.69) is 10.3 Å². The lowest BCUT2D eigenvalue weighted by atomic mass is 10.0. The molecule has 0 fully saturated rings. The Hall–Kier alpha value is -1.86. The van der Waals surface area contributed by atoms with Crippen molar-refractivity contribution in [2.24, 2.45) is 5.73 Å². The monoisotopic (exact) mass is 240 g/mol. The molecule has 1 heterocycles. The standard InChI is InChI=1S/C10H16N4O3/c1-10(4-15,5-16)14-9-7(8(12)17)2-6(11)3-13-9/h2-3,15-16H,4-5,11H2,1H3,(H2,12,17)(H,13,14). The highest BCUT2D eigenvalue weighted by Gasteiger charge is 2.24. The molecule has 0 spiro atoms. The number of hydrogen-bond donors (Lipinski definition) is 5. The molecule has 17 heavy (non-hydrogen) atoms. The van der Waals surface area contributed by atoms with E-state index in [0.29, 0.717) is 5.69 Å². The van der Waals surface area contributed by atoms with Gasteiger partial charge in [0.1, 0.15) is 5.82 Å². The molecule has 1 aromatic heterocycles. The first-order valence-corrected chi connectivity index (χ1v) is 4.97. The molecule has 0 aromatic carbocycles. The van der Waals surface area contributed by atoms with Crippen LogP contribution >= 0.6 is 0 Å². The summed E-state index contributed by atoms with van der Waals surface area (Å²) in [6.45, 7) is 0.928. The van der Waals surface area contributed by atoms with Gasteiger partial charge in [-0.05, 0) is 13.0 Å². The number of carbonyl (C=O) groups excluding carboxylic acids is 1. The number of anilines is 2. The molecular weight excluding hydrogens is 224 g/mol. The van der Waals surface area contributed by atoms with Gasteiger partial charge in [-0.1, -0.05) is 0 Å². The smallest absolute Gasteiger partial charge is 0.252 e. The molecule has 7 N–H and O–H groups in total. The van der Waals surface area contributed by atoms with Crippen molar-refractivity contribution in [2.75, 3.05) is 24.3 Å². The molecule has 0 aliphatic rings. The number of aliphatic hydroxyl groups is 2. The second-order valence-electron chi connectivity index (χ2n) is 4.03. The highest BCUT2D eigenvalue weighted by molar-refractivity contribution is 5.98. The van der Waals surface area contributed by atoms with Crippen LogP contribution in [0.3, 0.4) is 0 Å². The summed E-state index contributed by atoms with van der Waals surface area (Å²) < 4.78 is 0. The molecule has 7 heteroatoms. The van der Waals surface area contributed by atoms with Crippen molar-refractivity contribution in [3.63, 3.8) is 0 Å². The number of primary amides is 1. The van der Waals surface area contributed by atoms with Crippen LogP contribution in [0.5, 0.6) is 0 Å². The van der Waals surface area contributed by atoms with Gasteiger partial charge in [0.05, 0.1) is 36.2 Å². The molecule has 0 saturated heterocycles. The first-order valence-electron chi connectivity index (χ1n) is 4.97. The Morgan fingerprint density at radius 1 is 1.53 bits per heavy atom. The molecule has 0 atom stereocenters. The average Bonchev–Trinajstić information content (AvgIpc) is 2.31. The van der Waals surface area contributed by atoms with Crippen molar-refractivity contribution in [3.05, 3.63) is 17.8 Å². The van der Waals surface area contributed by atoms with E-state index in [-0.39, 0.29) is 24.6 Å². The normalized spacial score (nSPS) is 11.2. The van der Waals surface area contributed by atoms with Gasteiger partial charge >= 0.3 is 0 Å². The van der Waals surface area contributed by atoms with Gasteiger partial charge < -0.3 is 27.0 Å². The minimum atomic E-state index is -0.993. The Labute approximate surface area is 98.5 Å². The van der Waals surface area contributed by atoms with Crippen molar-refractivity contribution in [1.82, 2.24) is 4.98 Å². The summed E-state index contributed by atoms with van der Waals surface area (Å²) in [4.78, 5) is 15.1. The lowest BCUT2D eigenvalue weighted by Crippen LogP contribution is -2.43. The number of nitrogen functional groups attached to an aromatic ring is 1. The lowest BCUT2D eigenvalue weighted by molar-refractivity contribution is 0.0999. The fraction of sp³-hybridized carbons (Fsp3) is 0.400. The Bertz CT molecular complexity index is 418. The Morgan fingerprint density at radius 3 is 2.59 bits per heavy atom. The highest BCUT2D eigenvalue weighted by atomic mass is 16.3. The van der Waals surface area contributed by atoms with Gasteiger partial charge in [0.25, 0.3) is 5.91 Å². The third-order valence-corrected chi connectivity index (χ3v) is 2.29. The summed E-state index contributed by atoms with van der Waals surface area (Å²) in [6, 6.07) is 1.38. The average molecular weight is 240 g/mol. The third kappa shape index (κ3) is 3.05. The van der Waals surface area contributed by atoms with Crippen LogP contribution in [0, 0.1) is 0 Å². The number of nitrogens with one attached hydrogen (secondary N) is 1. The molecule has 0 bridgehead atoms. The fourth-order valence-electron chi connectivity index (χ4n) is 1.18. The van der Waals surface area contributed by atoms with Crippen LogP contribution in [0.1, 0.15) is 17.3 Å². The Morgan fingerprint density at radius 2 is 2.12 bits per heavy atom. The van der Waals surface area contributed by atoms with E-state index in [1.54, 1.807) is 6.92 Å². The van der Waals surface area contributed by atoms with Gasteiger partial charge in [-0.3, -0.25) is 4.79 Å². The van der Waals surface area contributed by atoms with E-state index in [1.165, 1.54) is 12.3 Å². The Kier molecular flexibility index (Phi) is 3.87. The molecule has 0 saturated carbocycles. The summed E-state index contributed by atoms with van der Waals surface area (Å²) >= 11 is 0. The number of carbonyl (C=O) groups is 1. The first-order chi connectivity index (χ1) is 7.91. The van der Waals surface area contributed by atoms with Crippen molar-refractivity contribution in [2.45, 2.75) is 12.5 Å². The van der Waals surface area contributed by atoms with Gasteiger partial charge in [-0.15, -0.1) is 0 Å². The first kappa shape index (κ1) is 13.2. The van der Waals surface area contributed by atoms with Crippen molar-refractivity contribution in [3.8, 4) is 0 Å². The third-order valence-electron chi connectivity index (χ3n) is 2.29. The second kappa shape index (κ2) is 4.98. The zero-order chi connectivity index (χ0) is 13.1. The topological polar surface area (TPSA) is 134 Å². The summed E-state index contributed by atoms with van der Waals surface area (Å²) in [5.74, 6) is -0.511. The molecule has 1 amide bonds. The number of nitrogens with zero attached hydrogens (tertiary/aromatic N) is 1. The summed E-state index contributed by atoms with van der Waals surface area (Å²) in [5, 5.41) is 21.0. The van der Waals surface area contributed by atoms with E-state index < -0.39 is 11.4 Å². The number of amides is 1. The largest absolute Gasteiger partial charge is 0.397 e. The van der Waals surface area contributed by atoms with Gasteiger partial charge in [-0.25, -0.2) is 4.98 Å². The molecule has 0 radical (unpaired) electrons. The molecule has 1 aromatic rings. The minimum absolute atomic E-state index is 0.109. The number of aromatic nitrogens is 1.